The van der Waals surface area contributed by atoms with E-state index in [0.29, 0.717) is 11.1 Å². The zero-order chi connectivity index (χ0) is 13.4. The molecule has 1 N–H and O–H groups in total. The number of halogens is 1. The van der Waals surface area contributed by atoms with Crippen LogP contribution >= 0.6 is 11.6 Å². The Morgan fingerprint density at radius 3 is 2.28 bits per heavy atom. The minimum absolute atomic E-state index is 0.187. The van der Waals surface area contributed by atoms with Crippen molar-refractivity contribution in [1.29, 1.82) is 0 Å². The number of rotatable bonds is 2. The molecule has 1 fully saturated rings. The highest BCUT2D eigenvalue weighted by Gasteiger charge is 2.37. The lowest BCUT2D eigenvalue weighted by Gasteiger charge is -2.46. The zero-order valence-electron chi connectivity index (χ0n) is 11.6. The molecule has 0 amide bonds. The summed E-state index contributed by atoms with van der Waals surface area (Å²) < 4.78 is 0. The Bertz CT molecular complexity index is 396. The summed E-state index contributed by atoms with van der Waals surface area (Å²) in [5.74, 6) is 0.645. The summed E-state index contributed by atoms with van der Waals surface area (Å²) in [6, 6.07) is 3.80. The number of aromatic nitrogens is 2. The van der Waals surface area contributed by atoms with E-state index in [0.717, 1.165) is 12.1 Å². The van der Waals surface area contributed by atoms with Crippen LogP contribution in [0.5, 0.6) is 0 Å². The number of nitrogens with one attached hydrogen (secondary N) is 1. The summed E-state index contributed by atoms with van der Waals surface area (Å²) in [5, 5.41) is 12.2. The van der Waals surface area contributed by atoms with Crippen LogP contribution in [0.4, 0.5) is 0 Å². The first-order valence-electron chi connectivity index (χ1n) is 6.53. The minimum atomic E-state index is 0.187. The smallest absolute Gasteiger partial charge is 0.151 e. The second-order valence-electron chi connectivity index (χ2n) is 6.72. The van der Waals surface area contributed by atoms with E-state index in [-0.39, 0.29) is 11.1 Å². The van der Waals surface area contributed by atoms with Crippen molar-refractivity contribution in [2.24, 2.45) is 5.92 Å². The quantitative estimate of drug-likeness (QED) is 0.894. The molecule has 1 aromatic rings. The third-order valence-electron chi connectivity index (χ3n) is 3.46. The highest BCUT2D eigenvalue weighted by molar-refractivity contribution is 6.29. The van der Waals surface area contributed by atoms with Gasteiger partial charge in [0, 0.05) is 11.1 Å². The molecule has 1 aliphatic heterocycles. The highest BCUT2D eigenvalue weighted by atomic mass is 35.5. The van der Waals surface area contributed by atoms with E-state index in [2.05, 4.69) is 43.2 Å². The fourth-order valence-corrected chi connectivity index (χ4v) is 3.53. The van der Waals surface area contributed by atoms with Gasteiger partial charge in [-0.2, -0.15) is 5.10 Å². The monoisotopic (exact) mass is 267 g/mol. The molecule has 0 radical (unpaired) electrons. The van der Waals surface area contributed by atoms with Gasteiger partial charge in [-0.25, -0.2) is 0 Å². The van der Waals surface area contributed by atoms with Crippen molar-refractivity contribution in [3.8, 4) is 0 Å². The largest absolute Gasteiger partial charge is 0.307 e. The van der Waals surface area contributed by atoms with Crippen molar-refractivity contribution >= 4 is 11.6 Å². The maximum Gasteiger partial charge on any atom is 0.151 e. The molecule has 1 aromatic heterocycles. The molecule has 1 saturated heterocycles. The summed E-state index contributed by atoms with van der Waals surface area (Å²) in [5.41, 5.74) is 1.41. The van der Waals surface area contributed by atoms with Gasteiger partial charge in [0.15, 0.2) is 5.15 Å². The summed E-state index contributed by atoms with van der Waals surface area (Å²) in [6.07, 6.45) is 3.32. The first-order valence-corrected chi connectivity index (χ1v) is 6.91. The van der Waals surface area contributed by atoms with Crippen molar-refractivity contribution in [2.45, 2.75) is 58.0 Å². The molecule has 4 heteroatoms. The Kier molecular flexibility index (Phi) is 3.65. The lowest BCUT2D eigenvalue weighted by Crippen LogP contribution is -2.58. The van der Waals surface area contributed by atoms with Gasteiger partial charge in [0.2, 0.25) is 0 Å². The van der Waals surface area contributed by atoms with Crippen LogP contribution in [0.25, 0.3) is 0 Å². The Hall–Kier alpha value is -0.670. The van der Waals surface area contributed by atoms with E-state index >= 15 is 0 Å². The zero-order valence-corrected chi connectivity index (χ0v) is 12.4. The molecule has 0 bridgehead atoms. The van der Waals surface area contributed by atoms with Gasteiger partial charge in [0.1, 0.15) is 0 Å². The van der Waals surface area contributed by atoms with Gasteiger partial charge in [0.05, 0.1) is 5.69 Å². The first kappa shape index (κ1) is 13.8. The van der Waals surface area contributed by atoms with Crippen LogP contribution in [0.15, 0.2) is 12.1 Å². The van der Waals surface area contributed by atoms with Crippen molar-refractivity contribution < 1.29 is 0 Å². The molecule has 18 heavy (non-hydrogen) atoms. The van der Waals surface area contributed by atoms with Gasteiger partial charge < -0.3 is 5.32 Å². The van der Waals surface area contributed by atoms with Crippen LogP contribution in [0.1, 0.15) is 46.2 Å². The molecule has 0 aliphatic carbocycles. The topological polar surface area (TPSA) is 37.8 Å². The third kappa shape index (κ3) is 3.66. The van der Waals surface area contributed by atoms with Crippen LogP contribution in [0.3, 0.4) is 0 Å². The van der Waals surface area contributed by atoms with Crippen LogP contribution in [0.2, 0.25) is 5.15 Å². The molecule has 0 atom stereocenters. The summed E-state index contributed by atoms with van der Waals surface area (Å²) in [7, 11) is 0. The Labute approximate surface area is 114 Å². The van der Waals surface area contributed by atoms with E-state index < -0.39 is 0 Å². The van der Waals surface area contributed by atoms with Gasteiger partial charge >= 0.3 is 0 Å². The second-order valence-corrected chi connectivity index (χ2v) is 7.11. The van der Waals surface area contributed by atoms with Gasteiger partial charge in [-0.3, -0.25) is 0 Å². The average molecular weight is 268 g/mol. The molecule has 0 unspecified atom stereocenters. The highest BCUT2D eigenvalue weighted by Crippen LogP contribution is 2.34. The maximum absolute atomic E-state index is 5.76. The van der Waals surface area contributed by atoms with Crippen molar-refractivity contribution in [2.75, 3.05) is 0 Å². The molecule has 1 aliphatic rings. The van der Waals surface area contributed by atoms with E-state index in [1.165, 1.54) is 12.8 Å². The van der Waals surface area contributed by atoms with Gasteiger partial charge in [-0.15, -0.1) is 5.10 Å². The van der Waals surface area contributed by atoms with E-state index in [1.807, 2.05) is 12.1 Å². The molecule has 2 rings (SSSR count). The Morgan fingerprint density at radius 1 is 1.17 bits per heavy atom. The molecule has 0 aromatic carbocycles. The van der Waals surface area contributed by atoms with E-state index in [4.69, 9.17) is 11.6 Å². The minimum Gasteiger partial charge on any atom is -0.307 e. The average Bonchev–Trinajstić information content (AvgIpc) is 2.16. The summed E-state index contributed by atoms with van der Waals surface area (Å²) >= 11 is 5.76. The van der Waals surface area contributed by atoms with Crippen LogP contribution < -0.4 is 5.32 Å². The predicted molar refractivity (Wildman–Crippen MR) is 74.8 cm³/mol. The van der Waals surface area contributed by atoms with Gasteiger partial charge in [0.25, 0.3) is 0 Å². The lowest BCUT2D eigenvalue weighted by molar-refractivity contribution is 0.128. The van der Waals surface area contributed by atoms with Crippen LogP contribution in [0, 0.1) is 5.92 Å². The Balaban J connectivity index is 2.07. The van der Waals surface area contributed by atoms with Gasteiger partial charge in [-0.1, -0.05) is 11.6 Å². The normalized spacial score (nSPS) is 22.9. The number of nitrogens with zero attached hydrogens (tertiary/aromatic N) is 2. The number of piperidine rings is 1. The molecular formula is C14H22ClN3. The van der Waals surface area contributed by atoms with Gasteiger partial charge in [-0.05, 0) is 65.0 Å². The molecule has 100 valence electrons. The maximum atomic E-state index is 5.76. The standard InChI is InChI=1S/C14H22ClN3/c1-13(2)8-10(9-14(3,4)18-13)7-11-5-6-12(15)17-16-11/h5-6,10,18H,7-9H2,1-4H3. The fraction of sp³-hybridized carbons (Fsp3) is 0.714. The SMILES string of the molecule is CC1(C)CC(Cc2ccc(Cl)nn2)CC(C)(C)N1. The molecule has 0 saturated carbocycles. The molecule has 0 spiro atoms. The molecular weight excluding hydrogens is 246 g/mol. The van der Waals surface area contributed by atoms with E-state index in [1.54, 1.807) is 0 Å². The first-order chi connectivity index (χ1) is 8.26. The summed E-state index contributed by atoms with van der Waals surface area (Å²) in [4.78, 5) is 0. The number of hydrogen-bond donors (Lipinski definition) is 1. The van der Waals surface area contributed by atoms with Crippen LogP contribution in [-0.2, 0) is 6.42 Å². The fourth-order valence-electron chi connectivity index (χ4n) is 3.43. The van der Waals surface area contributed by atoms with Crippen molar-refractivity contribution in [3.05, 3.63) is 23.0 Å². The van der Waals surface area contributed by atoms with Crippen molar-refractivity contribution in [1.82, 2.24) is 15.5 Å². The predicted octanol–water partition coefficient (Wildman–Crippen LogP) is 3.23. The van der Waals surface area contributed by atoms with Crippen LogP contribution in [-0.4, -0.2) is 21.3 Å². The molecule has 2 heterocycles. The Morgan fingerprint density at radius 2 is 1.78 bits per heavy atom. The summed E-state index contributed by atoms with van der Waals surface area (Å²) in [6.45, 7) is 9.09. The van der Waals surface area contributed by atoms with E-state index in [9.17, 15) is 0 Å². The van der Waals surface area contributed by atoms with Crippen molar-refractivity contribution in [3.63, 3.8) is 0 Å². The molecule has 3 nitrogen and oxygen atoms in total. The second kappa shape index (κ2) is 4.78. The third-order valence-corrected chi connectivity index (χ3v) is 3.66. The lowest BCUT2D eigenvalue weighted by atomic mass is 9.74. The number of hydrogen-bond acceptors (Lipinski definition) is 3.